The molecule has 8 heteroatoms. The number of hydrogen-bond donors (Lipinski definition) is 4. The molecule has 0 aliphatic rings. The number of nitrogens with one attached hydrogen (secondary N) is 1. The van der Waals surface area contributed by atoms with Crippen LogP contribution in [0.25, 0.3) is 11.0 Å². The third kappa shape index (κ3) is 4.44. The normalized spacial score (nSPS) is 10.8. The summed E-state index contributed by atoms with van der Waals surface area (Å²) >= 11 is 0. The predicted octanol–water partition coefficient (Wildman–Crippen LogP) is 0.926. The number of amidine groups is 1. The van der Waals surface area contributed by atoms with Gasteiger partial charge in [0.05, 0.1) is 6.26 Å². The van der Waals surface area contributed by atoms with Crippen molar-refractivity contribution in [3.63, 3.8) is 0 Å². The van der Waals surface area contributed by atoms with Crippen LogP contribution in [0.1, 0.15) is 5.76 Å². The van der Waals surface area contributed by atoms with Gasteiger partial charge in [-0.15, -0.1) is 0 Å². The molecular formula is C10H12N2O5S. The number of hydrogen-bond acceptors (Lipinski definition) is 5. The van der Waals surface area contributed by atoms with Gasteiger partial charge in [-0.2, -0.15) is 8.42 Å². The van der Waals surface area contributed by atoms with E-state index in [0.29, 0.717) is 17.6 Å². The second kappa shape index (κ2) is 5.07. The summed E-state index contributed by atoms with van der Waals surface area (Å²) in [6, 6.07) is 6.42. The zero-order valence-corrected chi connectivity index (χ0v) is 10.2. The smallest absolute Gasteiger partial charge is 0.261 e. The quantitative estimate of drug-likeness (QED) is 0.346. The molecule has 0 saturated carbocycles. The van der Waals surface area contributed by atoms with Crippen LogP contribution in [0.15, 0.2) is 28.7 Å². The molecule has 0 fully saturated rings. The molecule has 0 amide bonds. The molecule has 0 spiro atoms. The fourth-order valence-corrected chi connectivity index (χ4v) is 1.15. The molecule has 0 bridgehead atoms. The number of fused-ring (bicyclic) bond motifs is 1. The monoisotopic (exact) mass is 272 g/mol. The van der Waals surface area contributed by atoms with Crippen LogP contribution in [0.4, 0.5) is 0 Å². The van der Waals surface area contributed by atoms with Gasteiger partial charge < -0.3 is 15.3 Å². The number of benzene rings is 1. The summed E-state index contributed by atoms with van der Waals surface area (Å²) in [5.74, 6) is 0.341. The average Bonchev–Trinajstić information content (AvgIpc) is 2.57. The SMILES string of the molecule is CS(=O)(=O)O.N=C(N)c1cc2ccc(O)cc2o1. The maximum Gasteiger partial charge on any atom is 0.261 e. The van der Waals surface area contributed by atoms with Crippen molar-refractivity contribution in [3.8, 4) is 5.75 Å². The number of phenols is 1. The van der Waals surface area contributed by atoms with Crippen LogP contribution in [-0.2, 0) is 10.1 Å². The van der Waals surface area contributed by atoms with Gasteiger partial charge in [0.25, 0.3) is 10.1 Å². The fourth-order valence-electron chi connectivity index (χ4n) is 1.15. The Kier molecular flexibility index (Phi) is 3.94. The van der Waals surface area contributed by atoms with Gasteiger partial charge >= 0.3 is 0 Å². The van der Waals surface area contributed by atoms with Crippen molar-refractivity contribution in [1.29, 1.82) is 5.41 Å². The Morgan fingerprint density at radius 2 is 1.94 bits per heavy atom. The van der Waals surface area contributed by atoms with Crippen LogP contribution in [0.3, 0.4) is 0 Å². The molecule has 0 radical (unpaired) electrons. The van der Waals surface area contributed by atoms with Gasteiger partial charge in [0.15, 0.2) is 11.6 Å². The third-order valence-corrected chi connectivity index (χ3v) is 1.77. The van der Waals surface area contributed by atoms with E-state index in [0.717, 1.165) is 5.39 Å². The molecule has 0 aliphatic heterocycles. The first kappa shape index (κ1) is 14.0. The molecule has 0 atom stereocenters. The summed E-state index contributed by atoms with van der Waals surface area (Å²) in [5.41, 5.74) is 5.78. The predicted molar refractivity (Wildman–Crippen MR) is 66.4 cm³/mol. The Morgan fingerprint density at radius 1 is 1.39 bits per heavy atom. The Bertz CT molecular complexity index is 667. The molecule has 1 heterocycles. The van der Waals surface area contributed by atoms with Crippen LogP contribution < -0.4 is 5.73 Å². The minimum absolute atomic E-state index is 0.115. The molecule has 0 saturated heterocycles. The third-order valence-electron chi connectivity index (χ3n) is 1.77. The van der Waals surface area contributed by atoms with Crippen LogP contribution >= 0.6 is 0 Å². The number of phenolic OH excluding ortho intramolecular Hbond substituents is 1. The molecule has 18 heavy (non-hydrogen) atoms. The summed E-state index contributed by atoms with van der Waals surface area (Å²) in [6.45, 7) is 0. The van der Waals surface area contributed by atoms with Gasteiger partial charge in [-0.05, 0) is 18.2 Å². The van der Waals surface area contributed by atoms with Gasteiger partial charge in [0.2, 0.25) is 0 Å². The maximum atomic E-state index is 9.19. The number of aromatic hydroxyl groups is 1. The van der Waals surface area contributed by atoms with Crippen molar-refractivity contribution >= 4 is 26.9 Å². The van der Waals surface area contributed by atoms with E-state index in [9.17, 15) is 8.42 Å². The van der Waals surface area contributed by atoms with Crippen molar-refractivity contribution in [2.75, 3.05) is 6.26 Å². The standard InChI is InChI=1S/C9H8N2O2.CH4O3S/c10-9(11)8-3-5-1-2-6(12)4-7(5)13-8;1-5(2,3)4/h1-4,12H,(H3,10,11);1H3,(H,2,3,4). The lowest BCUT2D eigenvalue weighted by Crippen LogP contribution is -2.09. The van der Waals surface area contributed by atoms with Gasteiger partial charge in [-0.1, -0.05) is 0 Å². The Labute approximate surface area is 103 Å². The molecule has 2 aromatic rings. The number of nitrogen functional groups attached to an aromatic ring is 1. The summed E-state index contributed by atoms with van der Waals surface area (Å²) in [4.78, 5) is 0. The van der Waals surface area contributed by atoms with Crippen LogP contribution in [-0.4, -0.2) is 30.2 Å². The second-order valence-electron chi connectivity index (χ2n) is 3.48. The fraction of sp³-hybridized carbons (Fsp3) is 0.100. The summed E-state index contributed by atoms with van der Waals surface area (Å²) < 4.78 is 31.1. The molecule has 2 rings (SSSR count). The van der Waals surface area contributed by atoms with Crippen molar-refractivity contribution in [1.82, 2.24) is 0 Å². The van der Waals surface area contributed by atoms with Gasteiger partial charge in [0, 0.05) is 11.5 Å². The zero-order valence-electron chi connectivity index (χ0n) is 9.41. The number of nitrogens with two attached hydrogens (primary N) is 1. The van der Waals surface area contributed by atoms with Crippen LogP contribution in [0, 0.1) is 5.41 Å². The van der Waals surface area contributed by atoms with Crippen LogP contribution in [0.2, 0.25) is 0 Å². The number of rotatable bonds is 1. The van der Waals surface area contributed by atoms with Gasteiger partial charge in [-0.25, -0.2) is 0 Å². The molecular weight excluding hydrogens is 260 g/mol. The lowest BCUT2D eigenvalue weighted by molar-refractivity contribution is 0.474. The Balaban J connectivity index is 0.000000280. The molecule has 1 aromatic carbocycles. The summed E-state index contributed by atoms with van der Waals surface area (Å²) in [5, 5.41) is 17.1. The van der Waals surface area contributed by atoms with E-state index in [2.05, 4.69) is 0 Å². The summed E-state index contributed by atoms with van der Waals surface area (Å²) in [7, 11) is -3.67. The van der Waals surface area contributed by atoms with Crippen molar-refractivity contribution < 1.29 is 22.5 Å². The first-order chi connectivity index (χ1) is 8.16. The minimum Gasteiger partial charge on any atom is -0.508 e. The molecule has 0 aliphatic carbocycles. The molecule has 0 unspecified atom stereocenters. The first-order valence-corrected chi connectivity index (χ1v) is 6.51. The highest BCUT2D eigenvalue weighted by molar-refractivity contribution is 7.85. The van der Waals surface area contributed by atoms with Crippen LogP contribution in [0.5, 0.6) is 5.75 Å². The van der Waals surface area contributed by atoms with E-state index in [4.69, 9.17) is 25.2 Å². The lowest BCUT2D eigenvalue weighted by atomic mass is 10.2. The van der Waals surface area contributed by atoms with Gasteiger partial charge in [-0.3, -0.25) is 9.96 Å². The Hall–Kier alpha value is -2.06. The lowest BCUT2D eigenvalue weighted by Gasteiger charge is -1.89. The molecule has 1 aromatic heterocycles. The van der Waals surface area contributed by atoms with E-state index < -0.39 is 10.1 Å². The first-order valence-electron chi connectivity index (χ1n) is 4.66. The minimum atomic E-state index is -3.67. The second-order valence-corrected chi connectivity index (χ2v) is 4.95. The Morgan fingerprint density at radius 3 is 2.44 bits per heavy atom. The highest BCUT2D eigenvalue weighted by Gasteiger charge is 2.05. The van der Waals surface area contributed by atoms with E-state index in [1.54, 1.807) is 18.2 Å². The highest BCUT2D eigenvalue weighted by atomic mass is 32.2. The van der Waals surface area contributed by atoms with E-state index in [1.165, 1.54) is 6.07 Å². The topological polar surface area (TPSA) is 138 Å². The summed E-state index contributed by atoms with van der Waals surface area (Å²) in [6.07, 6.45) is 0.715. The van der Waals surface area contributed by atoms with Gasteiger partial charge in [0.1, 0.15) is 11.3 Å². The molecule has 5 N–H and O–H groups in total. The van der Waals surface area contributed by atoms with Crippen molar-refractivity contribution in [2.45, 2.75) is 0 Å². The van der Waals surface area contributed by atoms with E-state index in [1.807, 2.05) is 0 Å². The zero-order chi connectivity index (χ0) is 13.9. The average molecular weight is 272 g/mol. The molecule has 98 valence electrons. The van der Waals surface area contributed by atoms with Crippen molar-refractivity contribution in [3.05, 3.63) is 30.0 Å². The molecule has 7 nitrogen and oxygen atoms in total. The highest BCUT2D eigenvalue weighted by Crippen LogP contribution is 2.22. The maximum absolute atomic E-state index is 9.19. The van der Waals surface area contributed by atoms with E-state index >= 15 is 0 Å². The van der Waals surface area contributed by atoms with E-state index in [-0.39, 0.29) is 11.6 Å². The largest absolute Gasteiger partial charge is 0.508 e. The number of furan rings is 1. The van der Waals surface area contributed by atoms with Crippen molar-refractivity contribution in [2.24, 2.45) is 5.73 Å².